The molecule has 49 heavy (non-hydrogen) atoms. The van der Waals surface area contributed by atoms with Gasteiger partial charge in [-0.15, -0.1) is 0 Å². The molecule has 0 spiro atoms. The fraction of sp³-hybridized carbons (Fsp3) is 0.0667. The predicted octanol–water partition coefficient (Wildman–Crippen LogP) is 11.1. The van der Waals surface area contributed by atoms with Gasteiger partial charge in [0.05, 0.1) is 5.69 Å². The van der Waals surface area contributed by atoms with E-state index in [1.807, 2.05) is 48.7 Å². The first-order chi connectivity index (χ1) is 24.0. The van der Waals surface area contributed by atoms with Crippen LogP contribution >= 0.6 is 0 Å². The molecule has 0 saturated heterocycles. The molecule has 4 heteroatoms. The van der Waals surface area contributed by atoms with E-state index in [1.54, 1.807) is 0 Å². The fourth-order valence-electron chi connectivity index (χ4n) is 7.17. The van der Waals surface area contributed by atoms with Gasteiger partial charge in [-0.2, -0.15) is 0 Å². The Morgan fingerprint density at radius 2 is 1.02 bits per heavy atom. The van der Waals surface area contributed by atoms with E-state index in [2.05, 4.69) is 123 Å². The number of pyridine rings is 1. The van der Waals surface area contributed by atoms with E-state index in [-0.39, 0.29) is 5.41 Å². The summed E-state index contributed by atoms with van der Waals surface area (Å²) in [7, 11) is 0. The third kappa shape index (κ3) is 5.10. The van der Waals surface area contributed by atoms with E-state index >= 15 is 0 Å². The van der Waals surface area contributed by atoms with Gasteiger partial charge in [0.15, 0.2) is 17.5 Å². The van der Waals surface area contributed by atoms with Crippen molar-refractivity contribution in [3.63, 3.8) is 0 Å². The molecule has 0 aliphatic heterocycles. The quantitative estimate of drug-likeness (QED) is 0.190. The highest BCUT2D eigenvalue weighted by Crippen LogP contribution is 2.49. The van der Waals surface area contributed by atoms with Gasteiger partial charge in [0.2, 0.25) is 0 Å². The first kappa shape index (κ1) is 28.9. The van der Waals surface area contributed by atoms with Crippen molar-refractivity contribution in [3.05, 3.63) is 169 Å². The zero-order chi connectivity index (χ0) is 33.0. The maximum atomic E-state index is 5.14. The van der Waals surface area contributed by atoms with Crippen molar-refractivity contribution in [2.75, 3.05) is 0 Å². The summed E-state index contributed by atoms with van der Waals surface area (Å²) >= 11 is 0. The van der Waals surface area contributed by atoms with Gasteiger partial charge in [-0.25, -0.2) is 15.0 Å². The lowest BCUT2D eigenvalue weighted by molar-refractivity contribution is 0.660. The zero-order valence-electron chi connectivity index (χ0n) is 27.3. The second-order valence-electron chi connectivity index (χ2n) is 13.2. The molecule has 1 aliphatic carbocycles. The normalized spacial score (nSPS) is 12.9. The minimum atomic E-state index is -0.100. The van der Waals surface area contributed by atoms with Gasteiger partial charge in [0.25, 0.3) is 0 Å². The molecule has 0 atom stereocenters. The molecule has 0 unspecified atom stereocenters. The Hall–Kier alpha value is -6.26. The van der Waals surface area contributed by atoms with Gasteiger partial charge in [0.1, 0.15) is 0 Å². The Balaban J connectivity index is 1.24. The molecule has 0 fully saturated rings. The van der Waals surface area contributed by atoms with Crippen LogP contribution in [0.3, 0.4) is 0 Å². The molecule has 0 N–H and O–H groups in total. The van der Waals surface area contributed by atoms with Crippen molar-refractivity contribution in [1.82, 2.24) is 19.9 Å². The third-order valence-corrected chi connectivity index (χ3v) is 9.74. The zero-order valence-corrected chi connectivity index (χ0v) is 27.3. The Kier molecular flexibility index (Phi) is 6.77. The Labute approximate surface area is 285 Å². The van der Waals surface area contributed by atoms with Gasteiger partial charge in [-0.05, 0) is 86.6 Å². The van der Waals surface area contributed by atoms with Gasteiger partial charge in [0, 0.05) is 33.9 Å². The summed E-state index contributed by atoms with van der Waals surface area (Å²) in [5, 5.41) is 2.32. The number of benzene rings is 6. The van der Waals surface area contributed by atoms with Crippen LogP contribution in [0.25, 0.3) is 78.4 Å². The van der Waals surface area contributed by atoms with Crippen LogP contribution in [0.2, 0.25) is 0 Å². The number of hydrogen-bond donors (Lipinski definition) is 0. The fourth-order valence-corrected chi connectivity index (χ4v) is 7.17. The highest BCUT2D eigenvalue weighted by molar-refractivity contribution is 5.88. The minimum Gasteiger partial charge on any atom is -0.256 e. The van der Waals surface area contributed by atoms with Gasteiger partial charge >= 0.3 is 0 Å². The van der Waals surface area contributed by atoms with Crippen molar-refractivity contribution in [1.29, 1.82) is 0 Å². The van der Waals surface area contributed by atoms with E-state index in [9.17, 15) is 0 Å². The molecule has 9 rings (SSSR count). The summed E-state index contributed by atoms with van der Waals surface area (Å²) in [6, 6.07) is 53.1. The Morgan fingerprint density at radius 1 is 0.388 bits per heavy atom. The topological polar surface area (TPSA) is 51.6 Å². The molecule has 8 aromatic rings. The number of rotatable bonds is 5. The summed E-state index contributed by atoms with van der Waals surface area (Å²) in [5.41, 5.74) is 12.1. The van der Waals surface area contributed by atoms with Gasteiger partial charge in [-0.3, -0.25) is 4.98 Å². The Morgan fingerprint density at radius 3 is 1.84 bits per heavy atom. The molecule has 0 saturated carbocycles. The lowest BCUT2D eigenvalue weighted by Gasteiger charge is -2.22. The first-order valence-electron chi connectivity index (χ1n) is 16.6. The van der Waals surface area contributed by atoms with Crippen LogP contribution in [0.1, 0.15) is 25.0 Å². The highest BCUT2D eigenvalue weighted by Gasteiger charge is 2.35. The number of nitrogens with zero attached hydrogens (tertiary/aromatic N) is 4. The van der Waals surface area contributed by atoms with E-state index in [4.69, 9.17) is 19.9 Å². The smallest absolute Gasteiger partial charge is 0.164 e. The van der Waals surface area contributed by atoms with Crippen molar-refractivity contribution in [2.24, 2.45) is 0 Å². The summed E-state index contributed by atoms with van der Waals surface area (Å²) < 4.78 is 0. The monoisotopic (exact) mass is 628 g/mol. The number of hydrogen-bond acceptors (Lipinski definition) is 4. The first-order valence-corrected chi connectivity index (χ1v) is 16.6. The molecule has 2 heterocycles. The van der Waals surface area contributed by atoms with Crippen LogP contribution in [0.5, 0.6) is 0 Å². The molecule has 6 aromatic carbocycles. The maximum absolute atomic E-state index is 5.14. The van der Waals surface area contributed by atoms with Crippen molar-refractivity contribution in [2.45, 2.75) is 19.3 Å². The predicted molar refractivity (Wildman–Crippen MR) is 200 cm³/mol. The Bertz CT molecular complexity index is 2520. The number of fused-ring (bicyclic) bond motifs is 4. The molecule has 0 amide bonds. The van der Waals surface area contributed by atoms with E-state index < -0.39 is 0 Å². The average molecular weight is 629 g/mol. The third-order valence-electron chi connectivity index (χ3n) is 9.74. The van der Waals surface area contributed by atoms with Crippen LogP contribution in [0, 0.1) is 0 Å². The summed E-state index contributed by atoms with van der Waals surface area (Å²) in [4.78, 5) is 20.0. The van der Waals surface area contributed by atoms with Crippen LogP contribution < -0.4 is 0 Å². The summed E-state index contributed by atoms with van der Waals surface area (Å²) in [6.07, 6.45) is 1.84. The minimum absolute atomic E-state index is 0.100. The lowest BCUT2D eigenvalue weighted by Crippen LogP contribution is -2.14. The molecule has 0 bridgehead atoms. The summed E-state index contributed by atoms with van der Waals surface area (Å²) in [5.74, 6) is 1.89. The number of aromatic nitrogens is 4. The van der Waals surface area contributed by atoms with Crippen LogP contribution in [-0.4, -0.2) is 19.9 Å². The van der Waals surface area contributed by atoms with E-state index in [1.165, 1.54) is 27.6 Å². The lowest BCUT2D eigenvalue weighted by atomic mass is 9.81. The van der Waals surface area contributed by atoms with Crippen molar-refractivity contribution >= 4 is 10.8 Å². The standard InChI is InChI=1S/C45H32N4/c1-45(2)39-17-9-8-16-37(39)38-22-21-32(28-40(38)45)34-25-35(41-18-10-11-23-46-41)27-36(26-34)44-48-42(30-13-4-3-5-14-30)47-43(49-44)33-20-19-29-12-6-7-15-31(29)24-33/h3-28H,1-2H3. The molecule has 4 nitrogen and oxygen atoms in total. The molecule has 2 aromatic heterocycles. The van der Waals surface area contributed by atoms with Crippen LogP contribution in [0.15, 0.2) is 158 Å². The SMILES string of the molecule is CC1(C)c2ccccc2-c2ccc(-c3cc(-c4ccccn4)cc(-c4nc(-c5ccccc5)nc(-c5ccc6ccccc6c5)n4)c3)cc21. The maximum Gasteiger partial charge on any atom is 0.164 e. The van der Waals surface area contributed by atoms with Gasteiger partial charge in [-0.1, -0.05) is 123 Å². The van der Waals surface area contributed by atoms with E-state index in [0.29, 0.717) is 17.5 Å². The second kappa shape index (κ2) is 11.5. The van der Waals surface area contributed by atoms with Crippen molar-refractivity contribution < 1.29 is 0 Å². The van der Waals surface area contributed by atoms with Crippen molar-refractivity contribution in [3.8, 4) is 67.7 Å². The molecular weight excluding hydrogens is 597 g/mol. The van der Waals surface area contributed by atoms with Crippen LogP contribution in [0.4, 0.5) is 0 Å². The molecule has 1 aliphatic rings. The summed E-state index contributed by atoms with van der Waals surface area (Å²) in [6.45, 7) is 4.64. The largest absolute Gasteiger partial charge is 0.256 e. The van der Waals surface area contributed by atoms with Gasteiger partial charge < -0.3 is 0 Å². The molecular formula is C45H32N4. The second-order valence-corrected chi connectivity index (χ2v) is 13.2. The highest BCUT2D eigenvalue weighted by atomic mass is 15.0. The molecule has 0 radical (unpaired) electrons. The molecule has 232 valence electrons. The van der Waals surface area contributed by atoms with E-state index in [0.717, 1.165) is 44.5 Å². The average Bonchev–Trinajstić information content (AvgIpc) is 3.40. The van der Waals surface area contributed by atoms with Crippen LogP contribution in [-0.2, 0) is 5.41 Å².